The molecule has 1 aliphatic rings. The van der Waals surface area contributed by atoms with Crippen LogP contribution in [0.15, 0.2) is 18.2 Å². The maximum Gasteiger partial charge on any atom is 0.307 e. The van der Waals surface area contributed by atoms with Crippen LogP contribution in [0.1, 0.15) is 37.2 Å². The van der Waals surface area contributed by atoms with E-state index in [2.05, 4.69) is 0 Å². The predicted molar refractivity (Wildman–Crippen MR) is 71.9 cm³/mol. The van der Waals surface area contributed by atoms with Crippen LogP contribution in [0.4, 0.5) is 0 Å². The van der Waals surface area contributed by atoms with Crippen molar-refractivity contribution >= 4 is 5.97 Å². The largest absolute Gasteiger partial charge is 0.497 e. The van der Waals surface area contributed by atoms with E-state index in [1.165, 1.54) is 0 Å². The lowest BCUT2D eigenvalue weighted by molar-refractivity contribution is -0.143. The van der Waals surface area contributed by atoms with Crippen LogP contribution in [0.5, 0.6) is 11.5 Å². The number of carboxylic acid groups (broad SMARTS) is 1. The molecular weight excluding hydrogens is 244 g/mol. The number of rotatable bonds is 4. The predicted octanol–water partition coefficient (Wildman–Crippen LogP) is 3.06. The van der Waals surface area contributed by atoms with Gasteiger partial charge in [-0.2, -0.15) is 0 Å². The quantitative estimate of drug-likeness (QED) is 0.908. The molecule has 1 aromatic carbocycles. The Bertz CT molecular complexity index is 455. The summed E-state index contributed by atoms with van der Waals surface area (Å²) in [5, 5.41) is 9.39. The molecule has 2 rings (SSSR count). The van der Waals surface area contributed by atoms with E-state index in [-0.39, 0.29) is 11.8 Å². The highest BCUT2D eigenvalue weighted by molar-refractivity contribution is 5.72. The van der Waals surface area contributed by atoms with Crippen molar-refractivity contribution in [2.75, 3.05) is 14.2 Å². The van der Waals surface area contributed by atoms with Gasteiger partial charge in [0, 0.05) is 11.5 Å². The summed E-state index contributed by atoms with van der Waals surface area (Å²) in [6.45, 7) is 0. The molecule has 0 bridgehead atoms. The Balaban J connectivity index is 2.39. The lowest BCUT2D eigenvalue weighted by Crippen LogP contribution is -2.25. The summed E-state index contributed by atoms with van der Waals surface area (Å²) in [6.07, 6.45) is 3.68. The Morgan fingerprint density at radius 1 is 1.21 bits per heavy atom. The van der Waals surface area contributed by atoms with Crippen LogP contribution in [-0.4, -0.2) is 25.3 Å². The molecule has 0 amide bonds. The lowest BCUT2D eigenvalue weighted by atomic mass is 9.75. The first-order valence-electron chi connectivity index (χ1n) is 6.62. The van der Waals surface area contributed by atoms with Crippen LogP contribution in [0.2, 0.25) is 0 Å². The normalized spacial score (nSPS) is 22.8. The zero-order valence-electron chi connectivity index (χ0n) is 11.4. The molecule has 0 aromatic heterocycles. The third kappa shape index (κ3) is 2.83. The fraction of sp³-hybridized carbons (Fsp3) is 0.533. The third-order valence-electron chi connectivity index (χ3n) is 3.92. The van der Waals surface area contributed by atoms with E-state index in [0.29, 0.717) is 0 Å². The van der Waals surface area contributed by atoms with Crippen molar-refractivity contribution in [1.29, 1.82) is 0 Å². The second-order valence-corrected chi connectivity index (χ2v) is 4.94. The van der Waals surface area contributed by atoms with Gasteiger partial charge in [-0.1, -0.05) is 12.8 Å². The van der Waals surface area contributed by atoms with Gasteiger partial charge in [0.2, 0.25) is 0 Å². The first-order chi connectivity index (χ1) is 9.17. The number of aliphatic carboxylic acids is 1. The van der Waals surface area contributed by atoms with Gasteiger partial charge in [-0.25, -0.2) is 0 Å². The highest BCUT2D eigenvalue weighted by atomic mass is 16.5. The van der Waals surface area contributed by atoms with Gasteiger partial charge in [-0.3, -0.25) is 4.79 Å². The Labute approximate surface area is 113 Å². The standard InChI is InChI=1S/C15H20O4/c1-18-10-7-8-14(19-2)13(9-10)11-5-3-4-6-12(11)15(16)17/h7-9,11-12H,3-6H2,1-2H3,(H,16,17). The van der Waals surface area contributed by atoms with Gasteiger partial charge < -0.3 is 14.6 Å². The van der Waals surface area contributed by atoms with E-state index in [1.807, 2.05) is 18.2 Å². The van der Waals surface area contributed by atoms with Crippen molar-refractivity contribution in [1.82, 2.24) is 0 Å². The number of ether oxygens (including phenoxy) is 2. The molecule has 2 atom stereocenters. The first-order valence-corrected chi connectivity index (χ1v) is 6.62. The number of carbonyl (C=O) groups is 1. The number of hydrogen-bond acceptors (Lipinski definition) is 3. The fourth-order valence-corrected chi connectivity index (χ4v) is 2.93. The molecule has 2 unspecified atom stereocenters. The number of carboxylic acids is 1. The SMILES string of the molecule is COc1ccc(OC)c(C2CCCCC2C(=O)O)c1. The molecule has 0 saturated heterocycles. The Kier molecular flexibility index (Phi) is 4.30. The lowest BCUT2D eigenvalue weighted by Gasteiger charge is -2.30. The van der Waals surface area contributed by atoms with Crippen LogP contribution >= 0.6 is 0 Å². The molecule has 1 aliphatic carbocycles. The highest BCUT2D eigenvalue weighted by Gasteiger charge is 2.33. The van der Waals surface area contributed by atoms with Gasteiger partial charge in [-0.15, -0.1) is 0 Å². The zero-order chi connectivity index (χ0) is 13.8. The zero-order valence-corrected chi connectivity index (χ0v) is 11.4. The fourth-order valence-electron chi connectivity index (χ4n) is 2.93. The monoisotopic (exact) mass is 264 g/mol. The summed E-state index contributed by atoms with van der Waals surface area (Å²) < 4.78 is 10.6. The summed E-state index contributed by atoms with van der Waals surface area (Å²) in [7, 11) is 3.23. The van der Waals surface area contributed by atoms with Gasteiger partial charge in [0.15, 0.2) is 0 Å². The second kappa shape index (κ2) is 5.95. The summed E-state index contributed by atoms with van der Waals surface area (Å²) in [6, 6.07) is 5.59. The van der Waals surface area contributed by atoms with Crippen LogP contribution in [0.25, 0.3) is 0 Å². The molecule has 0 aliphatic heterocycles. The molecule has 0 heterocycles. The molecule has 1 N–H and O–H groups in total. The molecular formula is C15H20O4. The van der Waals surface area contributed by atoms with Crippen molar-refractivity contribution in [3.63, 3.8) is 0 Å². The molecule has 1 aromatic rings. The maximum atomic E-state index is 11.4. The van der Waals surface area contributed by atoms with Crippen LogP contribution < -0.4 is 9.47 Å². The van der Waals surface area contributed by atoms with Crippen molar-refractivity contribution in [2.45, 2.75) is 31.6 Å². The van der Waals surface area contributed by atoms with E-state index < -0.39 is 5.97 Å². The molecule has 104 valence electrons. The topological polar surface area (TPSA) is 55.8 Å². The van der Waals surface area contributed by atoms with E-state index in [4.69, 9.17) is 9.47 Å². The molecule has 4 heteroatoms. The molecule has 4 nitrogen and oxygen atoms in total. The van der Waals surface area contributed by atoms with Gasteiger partial charge in [0.1, 0.15) is 11.5 Å². The van der Waals surface area contributed by atoms with E-state index in [1.54, 1.807) is 14.2 Å². The summed E-state index contributed by atoms with van der Waals surface area (Å²) in [5.74, 6) is 0.463. The third-order valence-corrected chi connectivity index (χ3v) is 3.92. The minimum absolute atomic E-state index is 0.0105. The van der Waals surface area contributed by atoms with Crippen LogP contribution in [-0.2, 0) is 4.79 Å². The van der Waals surface area contributed by atoms with Gasteiger partial charge >= 0.3 is 5.97 Å². The highest BCUT2D eigenvalue weighted by Crippen LogP contribution is 2.42. The van der Waals surface area contributed by atoms with Gasteiger partial charge in [0.25, 0.3) is 0 Å². The first kappa shape index (κ1) is 13.7. The molecule has 0 spiro atoms. The summed E-state index contributed by atoms with van der Waals surface area (Å²) in [4.78, 5) is 11.4. The smallest absolute Gasteiger partial charge is 0.307 e. The molecule has 1 fully saturated rings. The molecule has 0 radical (unpaired) electrons. The number of hydrogen-bond donors (Lipinski definition) is 1. The average Bonchev–Trinajstić information content (AvgIpc) is 2.46. The Hall–Kier alpha value is -1.71. The minimum atomic E-state index is -0.713. The van der Waals surface area contributed by atoms with Gasteiger partial charge in [-0.05, 0) is 31.0 Å². The van der Waals surface area contributed by atoms with Gasteiger partial charge in [0.05, 0.1) is 20.1 Å². The van der Waals surface area contributed by atoms with Crippen molar-refractivity contribution < 1.29 is 19.4 Å². The maximum absolute atomic E-state index is 11.4. The second-order valence-electron chi connectivity index (χ2n) is 4.94. The van der Waals surface area contributed by atoms with Crippen LogP contribution in [0.3, 0.4) is 0 Å². The van der Waals surface area contributed by atoms with E-state index in [9.17, 15) is 9.90 Å². The molecule has 19 heavy (non-hydrogen) atoms. The Morgan fingerprint density at radius 3 is 2.58 bits per heavy atom. The van der Waals surface area contributed by atoms with Crippen molar-refractivity contribution in [3.8, 4) is 11.5 Å². The minimum Gasteiger partial charge on any atom is -0.497 e. The number of benzene rings is 1. The van der Waals surface area contributed by atoms with E-state index in [0.717, 1.165) is 42.7 Å². The number of methoxy groups -OCH3 is 2. The average molecular weight is 264 g/mol. The molecule has 1 saturated carbocycles. The van der Waals surface area contributed by atoms with Crippen molar-refractivity contribution in [3.05, 3.63) is 23.8 Å². The van der Waals surface area contributed by atoms with Crippen LogP contribution in [0, 0.1) is 5.92 Å². The van der Waals surface area contributed by atoms with Crippen molar-refractivity contribution in [2.24, 2.45) is 5.92 Å². The Morgan fingerprint density at radius 2 is 1.95 bits per heavy atom. The van der Waals surface area contributed by atoms with E-state index >= 15 is 0 Å². The summed E-state index contributed by atoms with van der Waals surface area (Å²) in [5.41, 5.74) is 0.953. The summed E-state index contributed by atoms with van der Waals surface area (Å²) >= 11 is 0.